The molecule has 6 aromatic rings. The molecule has 3 aromatic heterocycles. The first kappa shape index (κ1) is 20.6. The average molecular weight is 458 g/mol. The minimum absolute atomic E-state index is 0.943. The van der Waals surface area contributed by atoms with E-state index in [-0.39, 0.29) is 0 Å². The van der Waals surface area contributed by atoms with Gasteiger partial charge in [-0.25, -0.2) is 0 Å². The van der Waals surface area contributed by atoms with Crippen LogP contribution < -0.4 is 0 Å². The van der Waals surface area contributed by atoms with Gasteiger partial charge < -0.3 is 4.40 Å². The highest BCUT2D eigenvalue weighted by Crippen LogP contribution is 2.35. The molecule has 0 fully saturated rings. The summed E-state index contributed by atoms with van der Waals surface area (Å²) < 4.78 is 11.6. The van der Waals surface area contributed by atoms with Gasteiger partial charge in [0.2, 0.25) is 0 Å². The van der Waals surface area contributed by atoms with Crippen LogP contribution in [0.5, 0.6) is 0 Å². The highest BCUT2D eigenvalue weighted by atomic mass is 32.1. The van der Waals surface area contributed by atoms with Gasteiger partial charge >= 0.3 is 0 Å². The maximum atomic E-state index is 4.66. The number of nitrogens with zero attached hydrogens (tertiary/aromatic N) is 3. The Hall–Kier alpha value is -4.02. The molecule has 34 heavy (non-hydrogen) atoms. The average Bonchev–Trinajstić information content (AvgIpc) is 3.47. The van der Waals surface area contributed by atoms with Gasteiger partial charge in [0, 0.05) is 28.4 Å². The molecule has 0 amide bonds. The molecule has 3 nitrogen and oxygen atoms in total. The Morgan fingerprint density at radius 2 is 1.47 bits per heavy atom. The van der Waals surface area contributed by atoms with Crippen LogP contribution in [-0.4, -0.2) is 13.1 Å². The largest absolute Gasteiger partial charge is 0.316 e. The summed E-state index contributed by atoms with van der Waals surface area (Å²) in [5, 5.41) is 0. The van der Waals surface area contributed by atoms with Gasteiger partial charge in [-0.1, -0.05) is 84.4 Å². The highest BCUT2D eigenvalue weighted by molar-refractivity contribution is 7.00. The maximum Gasteiger partial charge on any atom is 0.113 e. The number of rotatable bonds is 4. The Balaban J connectivity index is 1.50. The zero-order chi connectivity index (χ0) is 23.1. The minimum Gasteiger partial charge on any atom is -0.316 e. The second-order valence-corrected chi connectivity index (χ2v) is 9.10. The summed E-state index contributed by atoms with van der Waals surface area (Å²) in [6, 6.07) is 29.9. The van der Waals surface area contributed by atoms with E-state index < -0.39 is 0 Å². The Morgan fingerprint density at radius 1 is 0.706 bits per heavy atom. The smallest absolute Gasteiger partial charge is 0.113 e. The zero-order valence-electron chi connectivity index (χ0n) is 19.1. The second kappa shape index (κ2) is 8.40. The van der Waals surface area contributed by atoms with Crippen LogP contribution in [0.1, 0.15) is 22.4 Å². The fourth-order valence-corrected chi connectivity index (χ4v) is 5.27. The molecular weight excluding hydrogens is 434 g/mol. The summed E-state index contributed by atoms with van der Waals surface area (Å²) in [4.78, 5) is 0. The van der Waals surface area contributed by atoms with Crippen LogP contribution in [0.15, 0.2) is 91.1 Å². The van der Waals surface area contributed by atoms with E-state index in [0.717, 1.165) is 22.2 Å². The molecule has 0 atom stereocenters. The number of aromatic nitrogens is 3. The van der Waals surface area contributed by atoms with E-state index in [2.05, 4.69) is 130 Å². The van der Waals surface area contributed by atoms with Crippen molar-refractivity contribution in [1.29, 1.82) is 0 Å². The van der Waals surface area contributed by atoms with Crippen LogP contribution in [0.2, 0.25) is 0 Å². The normalized spacial score (nSPS) is 11.7. The van der Waals surface area contributed by atoms with Crippen LogP contribution in [0.3, 0.4) is 0 Å². The molecule has 4 heteroatoms. The summed E-state index contributed by atoms with van der Waals surface area (Å²) in [6.07, 6.45) is 6.51. The first-order chi connectivity index (χ1) is 16.7. The molecule has 0 aliphatic rings. The fourth-order valence-electron chi connectivity index (χ4n) is 4.69. The molecule has 0 aliphatic carbocycles. The number of hydrogen-bond acceptors (Lipinski definition) is 3. The van der Waals surface area contributed by atoms with Crippen molar-refractivity contribution in [2.45, 2.75) is 13.8 Å². The molecule has 164 valence electrons. The molecule has 0 aliphatic heterocycles. The summed E-state index contributed by atoms with van der Waals surface area (Å²) >= 11 is 1.27. The lowest BCUT2D eigenvalue weighted by molar-refractivity contribution is 1.18. The van der Waals surface area contributed by atoms with Gasteiger partial charge in [-0.05, 0) is 48.7 Å². The summed E-state index contributed by atoms with van der Waals surface area (Å²) in [7, 11) is 0. The van der Waals surface area contributed by atoms with Gasteiger partial charge in [-0.15, -0.1) is 0 Å². The van der Waals surface area contributed by atoms with Crippen molar-refractivity contribution in [3.05, 3.63) is 114 Å². The van der Waals surface area contributed by atoms with Gasteiger partial charge in [0.25, 0.3) is 0 Å². The predicted molar refractivity (Wildman–Crippen MR) is 144 cm³/mol. The zero-order valence-corrected chi connectivity index (χ0v) is 19.9. The van der Waals surface area contributed by atoms with Crippen LogP contribution in [0.25, 0.3) is 51.0 Å². The van der Waals surface area contributed by atoms with Crippen LogP contribution in [0.4, 0.5) is 0 Å². The monoisotopic (exact) mass is 457 g/mol. The quantitative estimate of drug-likeness (QED) is 0.268. The number of benzene rings is 3. The molecule has 0 saturated heterocycles. The SMILES string of the molecule is Cc1ccc(-c2ccc(/C=C/c3c(-c4ccccc4)c(C)c4ccccn34)c3nsnc23)cc1. The first-order valence-corrected chi connectivity index (χ1v) is 12.1. The lowest BCUT2D eigenvalue weighted by atomic mass is 9.99. The number of aryl methyl sites for hydroxylation is 2. The van der Waals surface area contributed by atoms with Gasteiger partial charge in [0.1, 0.15) is 11.0 Å². The van der Waals surface area contributed by atoms with Gasteiger partial charge in [0.05, 0.1) is 17.4 Å². The Kier molecular flexibility index (Phi) is 5.08. The Morgan fingerprint density at radius 3 is 2.29 bits per heavy atom. The molecule has 3 aromatic carbocycles. The number of pyridine rings is 1. The number of hydrogen-bond donors (Lipinski definition) is 0. The molecule has 0 bridgehead atoms. The molecule has 6 rings (SSSR count). The maximum absolute atomic E-state index is 4.66. The fraction of sp³-hybridized carbons (Fsp3) is 0.0667. The molecule has 3 heterocycles. The third-order valence-electron chi connectivity index (χ3n) is 6.43. The predicted octanol–water partition coefficient (Wildman–Crippen LogP) is 8.07. The Labute approximate surface area is 203 Å². The van der Waals surface area contributed by atoms with Crippen LogP contribution in [-0.2, 0) is 0 Å². The topological polar surface area (TPSA) is 30.2 Å². The van der Waals surface area contributed by atoms with E-state index in [4.69, 9.17) is 0 Å². The van der Waals surface area contributed by atoms with Crippen molar-refractivity contribution >= 4 is 40.4 Å². The standard InChI is InChI=1S/C30H23N3S/c1-20-11-13-22(14-12-20)25-17-15-24(29-30(25)32-34-31-29)16-18-27-28(23-8-4-3-5-9-23)21(2)26-10-6-7-19-33(26)27/h3-19H,1-2H3/b18-16+. The van der Waals surface area contributed by atoms with Crippen molar-refractivity contribution in [3.63, 3.8) is 0 Å². The highest BCUT2D eigenvalue weighted by Gasteiger charge is 2.15. The third-order valence-corrected chi connectivity index (χ3v) is 6.96. The summed E-state index contributed by atoms with van der Waals surface area (Å²) in [6.45, 7) is 4.31. The van der Waals surface area contributed by atoms with E-state index in [0.29, 0.717) is 0 Å². The lowest BCUT2D eigenvalue weighted by Crippen LogP contribution is -1.88. The van der Waals surface area contributed by atoms with Crippen molar-refractivity contribution < 1.29 is 0 Å². The van der Waals surface area contributed by atoms with E-state index in [9.17, 15) is 0 Å². The summed E-state index contributed by atoms with van der Waals surface area (Å²) in [5.41, 5.74) is 12.6. The first-order valence-electron chi connectivity index (χ1n) is 11.4. The molecular formula is C30H23N3S. The molecule has 0 radical (unpaired) electrons. The van der Waals surface area contributed by atoms with Crippen LogP contribution >= 0.6 is 11.7 Å². The van der Waals surface area contributed by atoms with Crippen molar-refractivity contribution in [2.24, 2.45) is 0 Å². The van der Waals surface area contributed by atoms with Crippen molar-refractivity contribution in [2.75, 3.05) is 0 Å². The Bertz CT molecular complexity index is 1660. The summed E-state index contributed by atoms with van der Waals surface area (Å²) in [5.74, 6) is 0. The van der Waals surface area contributed by atoms with E-state index >= 15 is 0 Å². The second-order valence-electron chi connectivity index (χ2n) is 8.57. The van der Waals surface area contributed by atoms with E-state index in [1.807, 2.05) is 0 Å². The van der Waals surface area contributed by atoms with Gasteiger partial charge in [0.15, 0.2) is 0 Å². The van der Waals surface area contributed by atoms with Crippen molar-refractivity contribution in [3.8, 4) is 22.3 Å². The minimum atomic E-state index is 0.943. The van der Waals surface area contributed by atoms with E-state index in [1.54, 1.807) is 0 Å². The van der Waals surface area contributed by atoms with Crippen LogP contribution in [0, 0.1) is 13.8 Å². The molecule has 0 saturated carbocycles. The van der Waals surface area contributed by atoms with E-state index in [1.165, 1.54) is 50.8 Å². The van der Waals surface area contributed by atoms with Crippen molar-refractivity contribution in [1.82, 2.24) is 13.1 Å². The lowest BCUT2D eigenvalue weighted by Gasteiger charge is -2.06. The third kappa shape index (κ3) is 3.44. The van der Waals surface area contributed by atoms with Gasteiger partial charge in [-0.3, -0.25) is 0 Å². The number of fused-ring (bicyclic) bond motifs is 2. The molecule has 0 unspecified atom stereocenters. The molecule has 0 N–H and O–H groups in total. The molecule has 0 spiro atoms. The van der Waals surface area contributed by atoms with Gasteiger partial charge in [-0.2, -0.15) is 8.75 Å².